The Morgan fingerprint density at radius 3 is 2.75 bits per heavy atom. The summed E-state index contributed by atoms with van der Waals surface area (Å²) in [5.41, 5.74) is 2.12. The fraction of sp³-hybridized carbons (Fsp3) is 0.381. The molecule has 1 aliphatic rings. The summed E-state index contributed by atoms with van der Waals surface area (Å²) in [7, 11) is 0. The van der Waals surface area contributed by atoms with Crippen LogP contribution >= 0.6 is 23.6 Å². The molecule has 3 aromatic rings. The van der Waals surface area contributed by atoms with Crippen LogP contribution in [0.5, 0.6) is 0 Å². The molecular formula is C21H24N4OS2. The Balaban J connectivity index is 1.54. The number of hydrogen-bond donors (Lipinski definition) is 2. The molecule has 5 nitrogen and oxygen atoms in total. The van der Waals surface area contributed by atoms with Crippen molar-refractivity contribution in [3.05, 3.63) is 57.0 Å². The van der Waals surface area contributed by atoms with Gasteiger partial charge in [-0.05, 0) is 49.3 Å². The highest BCUT2D eigenvalue weighted by molar-refractivity contribution is 7.71. The molecule has 0 radical (unpaired) electrons. The van der Waals surface area contributed by atoms with Crippen LogP contribution in [0, 0.1) is 17.6 Å². The van der Waals surface area contributed by atoms with Crippen molar-refractivity contribution in [2.75, 3.05) is 0 Å². The van der Waals surface area contributed by atoms with Crippen LogP contribution in [0.25, 0.3) is 11.4 Å². The number of aromatic nitrogens is 3. The highest BCUT2D eigenvalue weighted by Crippen LogP contribution is 2.37. The first-order chi connectivity index (χ1) is 13.6. The molecule has 1 unspecified atom stereocenters. The van der Waals surface area contributed by atoms with E-state index in [9.17, 15) is 4.79 Å². The number of rotatable bonds is 6. The van der Waals surface area contributed by atoms with Gasteiger partial charge in [-0.1, -0.05) is 48.7 Å². The van der Waals surface area contributed by atoms with Crippen LogP contribution in [0.3, 0.4) is 0 Å². The molecule has 0 saturated heterocycles. The lowest BCUT2D eigenvalue weighted by atomic mass is 9.96. The number of carbonyl (C=O) groups excluding carboxylic acids is 1. The lowest BCUT2D eigenvalue weighted by Gasteiger charge is -2.24. The molecule has 146 valence electrons. The third-order valence-corrected chi connectivity index (χ3v) is 6.67. The van der Waals surface area contributed by atoms with E-state index < -0.39 is 0 Å². The molecule has 2 heterocycles. The Bertz CT molecular complexity index is 982. The Morgan fingerprint density at radius 1 is 1.32 bits per heavy atom. The van der Waals surface area contributed by atoms with E-state index >= 15 is 0 Å². The van der Waals surface area contributed by atoms with E-state index in [-0.39, 0.29) is 18.5 Å². The molecule has 1 fully saturated rings. The first-order valence-corrected chi connectivity index (χ1v) is 11.0. The minimum absolute atomic E-state index is 0.0313. The van der Waals surface area contributed by atoms with Gasteiger partial charge < -0.3 is 5.32 Å². The molecule has 28 heavy (non-hydrogen) atoms. The van der Waals surface area contributed by atoms with Gasteiger partial charge in [0, 0.05) is 10.4 Å². The molecule has 4 rings (SSSR count). The van der Waals surface area contributed by atoms with Gasteiger partial charge >= 0.3 is 0 Å². The maximum atomic E-state index is 12.9. The molecule has 7 heteroatoms. The van der Waals surface area contributed by atoms with Crippen molar-refractivity contribution in [3.63, 3.8) is 0 Å². The van der Waals surface area contributed by atoms with Crippen molar-refractivity contribution in [3.8, 4) is 11.4 Å². The van der Waals surface area contributed by atoms with Gasteiger partial charge in [-0.25, -0.2) is 0 Å². The number of thiophene rings is 1. The van der Waals surface area contributed by atoms with Crippen molar-refractivity contribution in [1.29, 1.82) is 0 Å². The normalized spacial score (nSPS) is 15.6. The summed E-state index contributed by atoms with van der Waals surface area (Å²) in [5.74, 6) is 1.17. The van der Waals surface area contributed by atoms with E-state index in [1.807, 2.05) is 31.2 Å². The lowest BCUT2D eigenvalue weighted by Crippen LogP contribution is -2.34. The van der Waals surface area contributed by atoms with Crippen molar-refractivity contribution in [2.24, 2.45) is 5.92 Å². The first-order valence-electron chi connectivity index (χ1n) is 9.67. The molecule has 1 aliphatic carbocycles. The molecule has 0 aliphatic heterocycles. The largest absolute Gasteiger partial charge is 0.347 e. The van der Waals surface area contributed by atoms with Gasteiger partial charge in [-0.3, -0.25) is 14.5 Å². The standard InChI is InChI=1S/C21H24N4OS2/c1-14-8-10-16(11-9-14)20-23-24-21(27)25(20)13-18(26)22-19(15-5-2-3-6-15)17-7-4-12-28-17/h4,7-12,15,19H,2-3,5-6,13H2,1H3,(H,22,26)(H,24,27). The second-order valence-electron chi connectivity index (χ2n) is 7.41. The predicted molar refractivity (Wildman–Crippen MR) is 115 cm³/mol. The van der Waals surface area contributed by atoms with Gasteiger partial charge in [0.2, 0.25) is 5.91 Å². The van der Waals surface area contributed by atoms with E-state index in [2.05, 4.69) is 33.0 Å². The molecule has 1 atom stereocenters. The van der Waals surface area contributed by atoms with Crippen LogP contribution in [0.4, 0.5) is 0 Å². The highest BCUT2D eigenvalue weighted by Gasteiger charge is 2.28. The fourth-order valence-electron chi connectivity index (χ4n) is 3.93. The van der Waals surface area contributed by atoms with Crippen molar-refractivity contribution < 1.29 is 4.79 Å². The number of H-pyrrole nitrogens is 1. The maximum absolute atomic E-state index is 12.9. The topological polar surface area (TPSA) is 62.7 Å². The molecule has 1 aromatic carbocycles. The summed E-state index contributed by atoms with van der Waals surface area (Å²) in [5, 5.41) is 12.5. The van der Waals surface area contributed by atoms with Crippen molar-refractivity contribution in [2.45, 2.75) is 45.2 Å². The van der Waals surface area contributed by atoms with Crippen LogP contribution in [0.2, 0.25) is 0 Å². The molecular weight excluding hydrogens is 388 g/mol. The number of aromatic amines is 1. The van der Waals surface area contributed by atoms with Gasteiger partial charge in [0.1, 0.15) is 6.54 Å². The Morgan fingerprint density at radius 2 is 2.07 bits per heavy atom. The van der Waals surface area contributed by atoms with E-state index in [0.29, 0.717) is 16.5 Å². The average molecular weight is 413 g/mol. The predicted octanol–water partition coefficient (Wildman–Crippen LogP) is 5.03. The third kappa shape index (κ3) is 4.10. The quantitative estimate of drug-likeness (QED) is 0.559. The van der Waals surface area contributed by atoms with Gasteiger partial charge in [0.05, 0.1) is 6.04 Å². The van der Waals surface area contributed by atoms with Crippen LogP contribution < -0.4 is 5.32 Å². The van der Waals surface area contributed by atoms with Crippen molar-refractivity contribution >= 4 is 29.5 Å². The minimum atomic E-state index is -0.0313. The summed E-state index contributed by atoms with van der Waals surface area (Å²) in [4.78, 5) is 14.2. The molecule has 0 bridgehead atoms. The van der Waals surface area contributed by atoms with Gasteiger partial charge in [-0.15, -0.1) is 11.3 Å². The monoisotopic (exact) mass is 412 g/mol. The summed E-state index contributed by atoms with van der Waals surface area (Å²) < 4.78 is 2.23. The minimum Gasteiger partial charge on any atom is -0.347 e. The summed E-state index contributed by atoms with van der Waals surface area (Å²) in [6, 6.07) is 12.3. The molecule has 1 saturated carbocycles. The molecule has 1 amide bonds. The first kappa shape index (κ1) is 19.1. The van der Waals surface area contributed by atoms with Crippen LogP contribution in [-0.4, -0.2) is 20.7 Å². The van der Waals surface area contributed by atoms with Crippen LogP contribution in [0.15, 0.2) is 41.8 Å². The Hall–Kier alpha value is -2.25. The Kier molecular flexibility index (Phi) is 5.73. The van der Waals surface area contributed by atoms with Crippen LogP contribution in [-0.2, 0) is 11.3 Å². The zero-order valence-corrected chi connectivity index (χ0v) is 17.5. The third-order valence-electron chi connectivity index (χ3n) is 5.41. The Labute approximate surface area is 173 Å². The fourth-order valence-corrected chi connectivity index (χ4v) is 5.00. The zero-order valence-electron chi connectivity index (χ0n) is 15.9. The van der Waals surface area contributed by atoms with E-state index in [1.54, 1.807) is 15.9 Å². The number of hydrogen-bond acceptors (Lipinski definition) is 4. The zero-order chi connectivity index (χ0) is 19.5. The summed E-state index contributed by atoms with van der Waals surface area (Å²) in [6.45, 7) is 2.20. The van der Waals surface area contributed by atoms with Gasteiger partial charge in [0.15, 0.2) is 10.6 Å². The highest BCUT2D eigenvalue weighted by atomic mass is 32.1. The number of nitrogens with zero attached hydrogens (tertiary/aromatic N) is 2. The van der Waals surface area contributed by atoms with E-state index in [1.165, 1.54) is 36.1 Å². The number of aryl methyl sites for hydroxylation is 1. The average Bonchev–Trinajstić information content (AvgIpc) is 3.44. The molecule has 2 aromatic heterocycles. The second-order valence-corrected chi connectivity index (χ2v) is 8.78. The summed E-state index contributed by atoms with van der Waals surface area (Å²) in [6.07, 6.45) is 4.82. The second kappa shape index (κ2) is 8.41. The van der Waals surface area contributed by atoms with E-state index in [4.69, 9.17) is 12.2 Å². The number of nitrogens with one attached hydrogen (secondary N) is 2. The van der Waals surface area contributed by atoms with E-state index in [0.717, 1.165) is 5.56 Å². The smallest absolute Gasteiger partial charge is 0.240 e. The van der Waals surface area contributed by atoms with Crippen LogP contribution in [0.1, 0.15) is 42.2 Å². The van der Waals surface area contributed by atoms with Gasteiger partial charge in [0.25, 0.3) is 0 Å². The molecule has 2 N–H and O–H groups in total. The number of benzene rings is 1. The SMILES string of the molecule is Cc1ccc(-c2n[nH]c(=S)n2CC(=O)NC(c2cccs2)C2CCCC2)cc1. The molecule has 0 spiro atoms. The lowest BCUT2D eigenvalue weighted by molar-refractivity contribution is -0.122. The number of carbonyl (C=O) groups is 1. The van der Waals surface area contributed by atoms with Crippen molar-refractivity contribution in [1.82, 2.24) is 20.1 Å². The van der Waals surface area contributed by atoms with Gasteiger partial charge in [-0.2, -0.15) is 5.10 Å². The maximum Gasteiger partial charge on any atom is 0.240 e. The number of amides is 1. The summed E-state index contributed by atoms with van der Waals surface area (Å²) >= 11 is 7.10.